The zero-order valence-corrected chi connectivity index (χ0v) is 83.7. The molecule has 8 aromatic heterocycles. The normalized spacial score (nSPS) is 20.7. The van der Waals surface area contributed by atoms with Crippen LogP contribution >= 0.6 is 16.3 Å². The van der Waals surface area contributed by atoms with E-state index in [9.17, 15) is 36.0 Å². The van der Waals surface area contributed by atoms with Gasteiger partial charge in [-0.1, -0.05) is 76.9 Å². The van der Waals surface area contributed by atoms with E-state index in [1.54, 1.807) is 134 Å². The smallest absolute Gasteiger partial charge is 0.372 e. The van der Waals surface area contributed by atoms with Crippen LogP contribution < -0.4 is 21.3 Å². The summed E-state index contributed by atoms with van der Waals surface area (Å²) in [6.07, 6.45) is 3.83. The van der Waals surface area contributed by atoms with Crippen molar-refractivity contribution in [1.82, 2.24) is 86.7 Å². The van der Waals surface area contributed by atoms with Crippen LogP contribution in [0.15, 0.2) is 181 Å². The van der Waals surface area contributed by atoms with E-state index >= 15 is 0 Å². The van der Waals surface area contributed by atoms with Gasteiger partial charge in [0, 0.05) is 85.6 Å². The molecule has 4 N–H and O–H groups in total. The van der Waals surface area contributed by atoms with Gasteiger partial charge >= 0.3 is 36.8 Å². The first kappa shape index (κ1) is 107. The average Bonchev–Trinajstić information content (AvgIpc) is 1.57. The lowest BCUT2D eigenvalue weighted by Gasteiger charge is -2.30. The molecule has 16 rings (SSSR count). The van der Waals surface area contributed by atoms with Crippen LogP contribution in [0.25, 0.3) is 64.8 Å². The molecule has 54 heteroatoms. The highest BCUT2D eigenvalue weighted by Gasteiger charge is 2.48. The molecule has 4 aromatic carbocycles. The van der Waals surface area contributed by atoms with Crippen molar-refractivity contribution < 1.29 is 101 Å². The van der Waals surface area contributed by atoms with E-state index in [0.29, 0.717) is 79.8 Å². The van der Waals surface area contributed by atoms with Gasteiger partial charge < -0.3 is 82.4 Å². The number of azide groups is 1. The second-order valence-electron chi connectivity index (χ2n) is 33.9. The third-order valence-corrected chi connectivity index (χ3v) is 28.4. The van der Waals surface area contributed by atoms with Gasteiger partial charge in [0.1, 0.15) is 94.0 Å². The van der Waals surface area contributed by atoms with E-state index in [2.05, 4.69) is 104 Å². The van der Waals surface area contributed by atoms with Gasteiger partial charge in [0.15, 0.2) is 67.9 Å². The molecule has 4 aliphatic rings. The van der Waals surface area contributed by atoms with Crippen LogP contribution in [0, 0.1) is 13.1 Å². The van der Waals surface area contributed by atoms with Gasteiger partial charge in [-0.3, -0.25) is 51.0 Å². The number of rotatable bonds is 42. The second-order valence-corrected chi connectivity index (χ2v) is 40.8. The lowest BCUT2D eigenvalue weighted by Crippen LogP contribution is -2.33. The largest absolute Gasteiger partial charge is 0.376 e. The van der Waals surface area contributed by atoms with Crippen LogP contribution in [-0.4, -0.2) is 281 Å². The number of nitrogens with zero attached hydrogens (tertiary/aromatic N) is 24. The number of amides is 4. The van der Waals surface area contributed by atoms with Crippen molar-refractivity contribution >= 4 is 128 Å². The topological polar surface area (TPSA) is 565 Å². The number of anilines is 4. The van der Waals surface area contributed by atoms with Crippen LogP contribution in [0.5, 0.6) is 0 Å². The summed E-state index contributed by atoms with van der Waals surface area (Å²) in [5, 5.41) is 11.3. The molecule has 0 aliphatic carbocycles. The van der Waals surface area contributed by atoms with E-state index in [1.165, 1.54) is 66.2 Å². The standard InChI is InChI=1S/C45H54N13O11PS.C43H48N11O9P.C2H6N4O2S/c1-28(2)63-22-34-33(21-37(67-34)58-27-52-39-41(48-25-50-43(39)58)54-45(60)31-16-12-9-13-17-31)69-70(64-19-18-46-5,55-71(61,62)56(6)7)65-23-35-32(66-29(3)4)20-36(68-35)57-26-51-38-40(47-24-49-42(38)57)53-44(59)30-14-10-8-11-15-30;1-26(2)57-20-32-31(19-35(61-32)54-25-50-37-39(46-23-48-41(37)54)52-43(56)29-14-10-7-11-15-29)63-64(58-17-16-44-5)59-21-33-30(60-27(3)4)18-34(62-33)53-24-49-36-38(45-22-47-40(36)53)51-42(55)28-12-8-6-9-13-28;1-6(2)9(7,8)5-4-3/h8-17,24-29,32-37H,18-23H2,1-4,6-7H3,(H,47,49,53,59)(H,48,50,54,60);6-15,22-27,30-35H,16-21H2,1-4H3,(H,45,47,51,55)(H,46,48,52,56);1-2H3/t32-,33-,34-,35-,36-,37-,70?;30-,31-,32-,33-,34-,35-,64?;/m11./s1. The summed E-state index contributed by atoms with van der Waals surface area (Å²) < 4.78 is 154. The summed E-state index contributed by atoms with van der Waals surface area (Å²) >= 11 is 0. The fourth-order valence-corrected chi connectivity index (χ4v) is 20.0. The van der Waals surface area contributed by atoms with Crippen LogP contribution in [0.4, 0.5) is 23.3 Å². The molecule has 4 fully saturated rings. The molecule has 4 saturated heterocycles. The minimum absolute atomic E-state index is 0.000893. The molecular formula is C90H108N28O22P2S2. The highest BCUT2D eigenvalue weighted by atomic mass is 32.2. The van der Waals surface area contributed by atoms with E-state index in [-0.39, 0.29) is 131 Å². The SMILES string of the molecule is CN(C)S(=O)(=O)N=[N+]=[N-].[C-]#[N+]CCOP(=NS(=O)(=O)N(C)C)(OC[C@H]1O[C@@H](n2cnc3c(NC(=O)c4ccccc4)ncnc32)C[C@H]1OC(C)C)O[C@@H]1C[C@H](n2cnc3c(NC(=O)c4ccccc4)ncnc32)O[C@@H]1COC(C)C.[C-]#[N+]CCOP(OC[C@H]1O[C@@H](n2cnc3c(NC(=O)c4ccccc4)ncnc32)C[C@H]1OC(C)C)O[C@@H]1C[C@H](n2cnc3c(NC(=O)c4ccccc4)ncnc32)O[C@@H]1COC(C)C. The van der Waals surface area contributed by atoms with Crippen molar-refractivity contribution in [2.24, 2.45) is 8.67 Å². The Morgan fingerprint density at radius 1 is 0.438 bits per heavy atom. The number of carbonyl (C=O) groups excluding carboxylic acids is 4. The molecule has 0 spiro atoms. The Hall–Kier alpha value is -12.8. The molecule has 0 saturated carbocycles. The lowest BCUT2D eigenvalue weighted by molar-refractivity contribution is -0.0807. The molecule has 12 aromatic rings. The maximum Gasteiger partial charge on any atom is 0.372 e. The number of carbonyl (C=O) groups is 4. The van der Waals surface area contributed by atoms with Crippen molar-refractivity contribution in [1.29, 1.82) is 0 Å². The molecule has 14 atom stereocenters. The number of benzene rings is 4. The third kappa shape index (κ3) is 27.4. The highest BCUT2D eigenvalue weighted by Crippen LogP contribution is 2.58. The predicted molar refractivity (Wildman–Crippen MR) is 522 cm³/mol. The Morgan fingerprint density at radius 3 is 1.09 bits per heavy atom. The van der Waals surface area contributed by atoms with Crippen molar-refractivity contribution in [2.75, 3.05) is 102 Å². The summed E-state index contributed by atoms with van der Waals surface area (Å²) in [5.41, 5.74) is 12.5. The molecule has 762 valence electrons. The van der Waals surface area contributed by atoms with Gasteiger partial charge in [-0.25, -0.2) is 85.7 Å². The van der Waals surface area contributed by atoms with Gasteiger partial charge in [0.2, 0.25) is 13.1 Å². The number of aromatic nitrogens is 16. The Bertz CT molecular complexity index is 6850. The van der Waals surface area contributed by atoms with Gasteiger partial charge in [-0.15, -0.1) is 0 Å². The number of ether oxygens (including phenoxy) is 8. The first-order valence-electron chi connectivity index (χ1n) is 45.5. The number of hydrogen-bond acceptors (Lipinski definition) is 34. The average molecular weight is 2060 g/mol. The lowest BCUT2D eigenvalue weighted by atomic mass is 10.2. The molecule has 0 bridgehead atoms. The summed E-state index contributed by atoms with van der Waals surface area (Å²) in [6.45, 7) is 29.6. The Kier molecular flexibility index (Phi) is 36.9. The van der Waals surface area contributed by atoms with Gasteiger partial charge in [0.25, 0.3) is 23.6 Å². The zero-order valence-electron chi connectivity index (χ0n) is 80.3. The van der Waals surface area contributed by atoms with Gasteiger partial charge in [-0.05, 0) is 109 Å². The highest BCUT2D eigenvalue weighted by molar-refractivity contribution is 7.90. The number of nitrogens with one attached hydrogen (secondary N) is 4. The van der Waals surface area contributed by atoms with Crippen LogP contribution in [0.3, 0.4) is 0 Å². The van der Waals surface area contributed by atoms with Crippen molar-refractivity contribution in [3.8, 4) is 0 Å². The first-order chi connectivity index (χ1) is 69.3. The van der Waals surface area contributed by atoms with Crippen molar-refractivity contribution in [3.63, 3.8) is 0 Å². The van der Waals surface area contributed by atoms with Crippen LogP contribution in [0.2, 0.25) is 0 Å². The van der Waals surface area contributed by atoms with Crippen LogP contribution in [0.1, 0.15) is 147 Å². The Balaban J connectivity index is 0.000000211. The molecule has 4 aliphatic heterocycles. The maximum atomic E-state index is 13.8. The molecule has 144 heavy (non-hydrogen) atoms. The predicted octanol–water partition coefficient (Wildman–Crippen LogP) is 12.7. The minimum Gasteiger partial charge on any atom is -0.376 e. The number of imidazole rings is 4. The van der Waals surface area contributed by atoms with Crippen molar-refractivity contribution in [2.45, 2.75) is 179 Å². The molecule has 4 amide bonds. The quantitative estimate of drug-likeness (QED) is 0.00689. The molecule has 50 nitrogen and oxygen atoms in total. The fourth-order valence-electron chi connectivity index (χ4n) is 15.1. The number of hydrogen-bond donors (Lipinski definition) is 4. The minimum atomic E-state index is -4.49. The number of fused-ring (bicyclic) bond motifs is 4. The maximum absolute atomic E-state index is 13.8. The summed E-state index contributed by atoms with van der Waals surface area (Å²) in [7, 11) is -9.49. The van der Waals surface area contributed by atoms with Gasteiger partial charge in [-0.2, -0.15) is 12.7 Å². The van der Waals surface area contributed by atoms with Crippen molar-refractivity contribution in [3.05, 3.63) is 227 Å². The van der Waals surface area contributed by atoms with E-state index in [0.717, 1.165) is 8.61 Å². The molecule has 12 heterocycles. The van der Waals surface area contributed by atoms with E-state index < -0.39 is 116 Å². The summed E-state index contributed by atoms with van der Waals surface area (Å²) in [5.74, 6) is -0.518. The molecule has 2 unspecified atom stereocenters. The Morgan fingerprint density at radius 2 is 0.764 bits per heavy atom. The van der Waals surface area contributed by atoms with Crippen LogP contribution in [-0.2, 0) is 85.5 Å². The second kappa shape index (κ2) is 49.6. The zero-order chi connectivity index (χ0) is 102. The van der Waals surface area contributed by atoms with Gasteiger partial charge in [0.05, 0.1) is 94.5 Å². The Labute approximate surface area is 829 Å². The molecular weight excluding hydrogens is 1950 g/mol. The summed E-state index contributed by atoms with van der Waals surface area (Å²) in [4.78, 5) is 114. The third-order valence-electron chi connectivity index (χ3n) is 21.9. The fraction of sp³-hybridized carbons (Fsp3) is 0.444. The first-order valence-corrected chi connectivity index (χ1v) is 50.9. The van der Waals surface area contributed by atoms with E-state index in [1.807, 2.05) is 73.6 Å². The van der Waals surface area contributed by atoms with E-state index in [4.69, 9.17) is 83.7 Å². The summed E-state index contributed by atoms with van der Waals surface area (Å²) in [6, 6.07) is 35.0. The molecule has 0 radical (unpaired) electrons. The monoisotopic (exact) mass is 2060 g/mol.